The van der Waals surface area contributed by atoms with Gasteiger partial charge in [0.25, 0.3) is 0 Å². The Morgan fingerprint density at radius 3 is 2.70 bits per heavy atom. The van der Waals surface area contributed by atoms with Crippen molar-refractivity contribution in [1.82, 2.24) is 4.90 Å². The lowest BCUT2D eigenvalue weighted by Gasteiger charge is -2.25. The van der Waals surface area contributed by atoms with Crippen LogP contribution >= 0.6 is 23.2 Å². The number of halogens is 2. The molecule has 0 spiro atoms. The summed E-state index contributed by atoms with van der Waals surface area (Å²) in [6, 6.07) is 2.45. The molecule has 1 heterocycles. The van der Waals surface area contributed by atoms with E-state index in [0.29, 0.717) is 11.3 Å². The molecule has 0 radical (unpaired) electrons. The number of carboxylic acid groups (broad SMARTS) is 1. The maximum absolute atomic E-state index is 11.5. The van der Waals surface area contributed by atoms with Crippen LogP contribution in [-0.4, -0.2) is 42.5 Å². The van der Waals surface area contributed by atoms with Crippen LogP contribution in [0, 0.1) is 5.92 Å². The van der Waals surface area contributed by atoms with E-state index in [2.05, 4.69) is 0 Å². The van der Waals surface area contributed by atoms with Gasteiger partial charge in [-0.2, -0.15) is 0 Å². The lowest BCUT2D eigenvalue weighted by molar-refractivity contribution is -0.121. The molecule has 1 saturated heterocycles. The van der Waals surface area contributed by atoms with Crippen LogP contribution in [0.2, 0.25) is 10.0 Å². The first-order valence-corrected chi connectivity index (χ1v) is 7.50. The second-order valence-corrected chi connectivity index (χ2v) is 5.89. The quantitative estimate of drug-likeness (QED) is 0.783. The minimum absolute atomic E-state index is 0.00188. The van der Waals surface area contributed by atoms with Crippen molar-refractivity contribution in [2.45, 2.75) is 12.5 Å². The van der Waals surface area contributed by atoms with Gasteiger partial charge in [0.2, 0.25) is 5.91 Å². The molecule has 9 heteroatoms. The summed E-state index contributed by atoms with van der Waals surface area (Å²) in [6.45, 7) is -0.0358. The van der Waals surface area contributed by atoms with E-state index in [1.54, 1.807) is 12.1 Å². The molecular formula is C14H16Cl2N2O5. The van der Waals surface area contributed by atoms with Crippen LogP contribution in [0.5, 0.6) is 5.75 Å². The maximum atomic E-state index is 11.5. The van der Waals surface area contributed by atoms with Gasteiger partial charge in [0.15, 0.2) is 6.79 Å². The van der Waals surface area contributed by atoms with E-state index in [0.717, 1.165) is 4.90 Å². The lowest BCUT2D eigenvalue weighted by atomic mass is 9.98. The van der Waals surface area contributed by atoms with Crippen molar-refractivity contribution in [3.8, 4) is 5.75 Å². The Labute approximate surface area is 142 Å². The summed E-state index contributed by atoms with van der Waals surface area (Å²) in [6.07, 6.45) is -0.960. The Hall–Kier alpha value is -1.70. The van der Waals surface area contributed by atoms with E-state index in [4.69, 9.17) is 38.4 Å². The zero-order chi connectivity index (χ0) is 17.1. The van der Waals surface area contributed by atoms with Crippen LogP contribution in [0.3, 0.4) is 0 Å². The Bertz CT molecular complexity index is 625. The van der Waals surface area contributed by atoms with Gasteiger partial charge in [0.05, 0.1) is 22.0 Å². The molecule has 2 amide bonds. The largest absolute Gasteiger partial charge is 0.467 e. The fourth-order valence-electron chi connectivity index (χ4n) is 2.63. The summed E-state index contributed by atoms with van der Waals surface area (Å²) in [7, 11) is 1.46. The van der Waals surface area contributed by atoms with Crippen molar-refractivity contribution in [1.29, 1.82) is 0 Å². The summed E-state index contributed by atoms with van der Waals surface area (Å²) in [5.41, 5.74) is 5.72. The number of amides is 2. The first-order valence-electron chi connectivity index (χ1n) is 6.75. The van der Waals surface area contributed by atoms with Crippen molar-refractivity contribution in [2.24, 2.45) is 11.7 Å². The highest BCUT2D eigenvalue weighted by Gasteiger charge is 2.41. The maximum Gasteiger partial charge on any atom is 0.407 e. The first-order chi connectivity index (χ1) is 10.9. The number of primary amides is 1. The number of nitrogens with zero attached hydrogens (tertiary/aromatic N) is 1. The van der Waals surface area contributed by atoms with E-state index < -0.39 is 24.0 Å². The molecule has 0 saturated carbocycles. The van der Waals surface area contributed by atoms with Gasteiger partial charge in [0.1, 0.15) is 5.75 Å². The molecule has 0 bridgehead atoms. The molecule has 23 heavy (non-hydrogen) atoms. The summed E-state index contributed by atoms with van der Waals surface area (Å²) >= 11 is 12.3. The molecule has 3 N–H and O–H groups in total. The number of hydrogen-bond donors (Lipinski definition) is 2. The number of hydrogen-bond acceptors (Lipinski definition) is 4. The van der Waals surface area contributed by atoms with Crippen LogP contribution in [-0.2, 0) is 9.53 Å². The van der Waals surface area contributed by atoms with Crippen molar-refractivity contribution in [3.63, 3.8) is 0 Å². The van der Waals surface area contributed by atoms with Crippen LogP contribution in [0.1, 0.15) is 18.0 Å². The Morgan fingerprint density at radius 1 is 1.43 bits per heavy atom. The summed E-state index contributed by atoms with van der Waals surface area (Å²) < 4.78 is 10.3. The minimum Gasteiger partial charge on any atom is -0.467 e. The number of rotatable bonds is 5. The van der Waals surface area contributed by atoms with E-state index in [-0.39, 0.29) is 29.8 Å². The first kappa shape index (κ1) is 17.7. The Balaban J connectivity index is 2.47. The van der Waals surface area contributed by atoms with Gasteiger partial charge in [-0.25, -0.2) is 4.79 Å². The highest BCUT2D eigenvalue weighted by atomic mass is 35.5. The lowest BCUT2D eigenvalue weighted by Crippen LogP contribution is -2.32. The summed E-state index contributed by atoms with van der Waals surface area (Å²) in [5.74, 6) is -0.805. The third-order valence-electron chi connectivity index (χ3n) is 3.71. The average Bonchev–Trinajstić information content (AvgIpc) is 2.93. The number of methoxy groups -OCH3 is 1. The number of carbonyl (C=O) groups excluding carboxylic acids is 1. The third kappa shape index (κ3) is 3.63. The highest BCUT2D eigenvalue weighted by molar-refractivity contribution is 6.42. The SMILES string of the molecule is COCOc1ccc(Cl)c(Cl)c1C1CC(C(N)=O)CN1C(=O)O. The topological polar surface area (TPSA) is 102 Å². The molecule has 126 valence electrons. The molecule has 1 aliphatic heterocycles. The molecule has 1 fully saturated rings. The number of carbonyl (C=O) groups is 2. The van der Waals surface area contributed by atoms with Crippen molar-refractivity contribution >= 4 is 35.2 Å². The van der Waals surface area contributed by atoms with Gasteiger partial charge in [-0.15, -0.1) is 0 Å². The molecule has 7 nitrogen and oxygen atoms in total. The number of benzene rings is 1. The molecule has 1 aromatic carbocycles. The second-order valence-electron chi connectivity index (χ2n) is 5.11. The number of ether oxygens (including phenoxy) is 2. The Kier molecular flexibility index (Phi) is 5.56. The van der Waals surface area contributed by atoms with Crippen LogP contribution in [0.15, 0.2) is 12.1 Å². The Morgan fingerprint density at radius 2 is 2.13 bits per heavy atom. The van der Waals surface area contributed by atoms with Crippen LogP contribution < -0.4 is 10.5 Å². The summed E-state index contributed by atoms with van der Waals surface area (Å²) in [4.78, 5) is 24.1. The smallest absolute Gasteiger partial charge is 0.407 e. The molecule has 0 aliphatic carbocycles. The van der Waals surface area contributed by atoms with Crippen molar-refractivity contribution < 1.29 is 24.2 Å². The predicted octanol–water partition coefficient (Wildman–Crippen LogP) is 2.50. The van der Waals surface area contributed by atoms with E-state index in [1.165, 1.54) is 7.11 Å². The van der Waals surface area contributed by atoms with Gasteiger partial charge < -0.3 is 25.2 Å². The molecule has 2 rings (SSSR count). The molecule has 2 atom stereocenters. The minimum atomic E-state index is -1.17. The van der Waals surface area contributed by atoms with Gasteiger partial charge in [0, 0.05) is 19.2 Å². The monoisotopic (exact) mass is 362 g/mol. The van der Waals surface area contributed by atoms with Gasteiger partial charge in [-0.3, -0.25) is 4.79 Å². The second kappa shape index (κ2) is 7.25. The molecule has 1 aliphatic rings. The van der Waals surface area contributed by atoms with Crippen molar-refractivity contribution in [2.75, 3.05) is 20.4 Å². The van der Waals surface area contributed by atoms with Gasteiger partial charge >= 0.3 is 6.09 Å². The standard InChI is InChI=1S/C14H16Cl2N2O5/c1-22-6-23-10-3-2-8(15)12(16)11(10)9-4-7(13(17)19)5-18(9)14(20)21/h2-3,7,9H,4-6H2,1H3,(H2,17,19)(H,20,21). The fourth-order valence-corrected chi connectivity index (χ4v) is 3.08. The normalized spacial score (nSPS) is 20.6. The van der Waals surface area contributed by atoms with Crippen LogP contribution in [0.25, 0.3) is 0 Å². The number of nitrogens with two attached hydrogens (primary N) is 1. The van der Waals surface area contributed by atoms with E-state index >= 15 is 0 Å². The van der Waals surface area contributed by atoms with E-state index in [1.807, 2.05) is 0 Å². The molecule has 0 aromatic heterocycles. The number of likely N-dealkylation sites (tertiary alicyclic amines) is 1. The molecule has 1 aromatic rings. The van der Waals surface area contributed by atoms with E-state index in [9.17, 15) is 14.7 Å². The molecule has 2 unspecified atom stereocenters. The fraction of sp³-hybridized carbons (Fsp3) is 0.429. The zero-order valence-electron chi connectivity index (χ0n) is 12.3. The predicted molar refractivity (Wildman–Crippen MR) is 83.7 cm³/mol. The third-order valence-corrected chi connectivity index (χ3v) is 4.53. The van der Waals surface area contributed by atoms with Gasteiger partial charge in [-0.1, -0.05) is 23.2 Å². The van der Waals surface area contributed by atoms with Crippen molar-refractivity contribution in [3.05, 3.63) is 27.7 Å². The molecular weight excluding hydrogens is 347 g/mol. The average molecular weight is 363 g/mol. The highest BCUT2D eigenvalue weighted by Crippen LogP contribution is 2.45. The van der Waals surface area contributed by atoms with Gasteiger partial charge in [-0.05, 0) is 18.6 Å². The van der Waals surface area contributed by atoms with Crippen LogP contribution in [0.4, 0.5) is 4.79 Å². The summed E-state index contributed by atoms with van der Waals surface area (Å²) in [5, 5.41) is 9.85. The zero-order valence-corrected chi connectivity index (χ0v) is 13.8.